The van der Waals surface area contributed by atoms with Crippen molar-refractivity contribution < 1.29 is 22.7 Å². The summed E-state index contributed by atoms with van der Waals surface area (Å²) in [5.41, 5.74) is 1.41. The van der Waals surface area contributed by atoms with Crippen molar-refractivity contribution in [2.75, 3.05) is 24.0 Å². The molecule has 1 saturated heterocycles. The zero-order chi connectivity index (χ0) is 24.7. The van der Waals surface area contributed by atoms with E-state index in [0.29, 0.717) is 18.8 Å². The van der Waals surface area contributed by atoms with E-state index < -0.39 is 16.0 Å². The number of hydrogen-bond acceptors (Lipinski definition) is 5. The first-order valence-electron chi connectivity index (χ1n) is 11.6. The van der Waals surface area contributed by atoms with E-state index in [1.54, 1.807) is 29.2 Å². The highest BCUT2D eigenvalue weighted by Gasteiger charge is 2.26. The van der Waals surface area contributed by atoms with Crippen LogP contribution in [0.25, 0.3) is 0 Å². The molecule has 3 aromatic rings. The van der Waals surface area contributed by atoms with Gasteiger partial charge in [0.25, 0.3) is 15.9 Å². The van der Waals surface area contributed by atoms with Crippen LogP contribution in [0.4, 0.5) is 5.69 Å². The third kappa shape index (κ3) is 6.08. The zero-order valence-corrected chi connectivity index (χ0v) is 20.2. The summed E-state index contributed by atoms with van der Waals surface area (Å²) in [5, 5.41) is 0. The molecular weight excluding hydrogens is 464 g/mol. The predicted octanol–water partition coefficient (Wildman–Crippen LogP) is 4.25. The fourth-order valence-corrected chi connectivity index (χ4v) is 5.51. The highest BCUT2D eigenvalue weighted by atomic mass is 32.2. The number of sulfonamides is 1. The fourth-order valence-electron chi connectivity index (χ4n) is 4.01. The smallest absolute Gasteiger partial charge is 0.338 e. The normalized spacial score (nSPS) is 13.8. The number of para-hydroxylation sites is 1. The van der Waals surface area contributed by atoms with Crippen molar-refractivity contribution >= 4 is 27.6 Å². The maximum atomic E-state index is 13.7. The van der Waals surface area contributed by atoms with Gasteiger partial charge >= 0.3 is 5.97 Å². The summed E-state index contributed by atoms with van der Waals surface area (Å²) in [7, 11) is -4.01. The van der Waals surface area contributed by atoms with Gasteiger partial charge < -0.3 is 9.64 Å². The number of esters is 1. The molecule has 0 radical (unpaired) electrons. The molecule has 1 heterocycles. The molecule has 1 amide bonds. The van der Waals surface area contributed by atoms with Crippen molar-refractivity contribution in [1.29, 1.82) is 0 Å². The number of piperidine rings is 1. The Morgan fingerprint density at radius 2 is 1.49 bits per heavy atom. The van der Waals surface area contributed by atoms with Crippen molar-refractivity contribution in [2.45, 2.75) is 30.7 Å². The van der Waals surface area contributed by atoms with Crippen molar-refractivity contribution in [2.24, 2.45) is 0 Å². The fraction of sp³-hybridized carbons (Fsp3) is 0.259. The molecule has 0 N–H and O–H groups in total. The van der Waals surface area contributed by atoms with E-state index in [1.807, 2.05) is 36.4 Å². The number of anilines is 1. The summed E-state index contributed by atoms with van der Waals surface area (Å²) in [6.45, 7) is 1.11. The summed E-state index contributed by atoms with van der Waals surface area (Å²) >= 11 is 0. The SMILES string of the molecule is O=C(OCC(=O)N1CCCCC1)c1cccc(S(=O)(=O)N(Cc2ccccc2)c2ccccc2)c1. The molecule has 4 rings (SSSR count). The van der Waals surface area contributed by atoms with Gasteiger partial charge in [-0.05, 0) is 55.2 Å². The predicted molar refractivity (Wildman–Crippen MR) is 133 cm³/mol. The third-order valence-corrected chi connectivity index (χ3v) is 7.68. The lowest BCUT2D eigenvalue weighted by Crippen LogP contribution is -2.38. The van der Waals surface area contributed by atoms with Crippen LogP contribution in [0.3, 0.4) is 0 Å². The number of ether oxygens (including phenoxy) is 1. The van der Waals surface area contributed by atoms with E-state index in [9.17, 15) is 18.0 Å². The maximum absolute atomic E-state index is 13.7. The Morgan fingerprint density at radius 1 is 0.829 bits per heavy atom. The minimum atomic E-state index is -4.01. The second kappa shape index (κ2) is 11.2. The number of rotatable bonds is 8. The second-order valence-electron chi connectivity index (χ2n) is 8.38. The molecular formula is C27H28N2O5S. The molecule has 0 unspecified atom stereocenters. The number of likely N-dealkylation sites (tertiary alicyclic amines) is 1. The molecule has 0 bridgehead atoms. The second-order valence-corrected chi connectivity index (χ2v) is 10.2. The molecule has 1 aliphatic rings. The molecule has 3 aromatic carbocycles. The molecule has 8 heteroatoms. The molecule has 0 spiro atoms. The number of nitrogens with zero attached hydrogens (tertiary/aromatic N) is 2. The van der Waals surface area contributed by atoms with Gasteiger partial charge in [0.2, 0.25) is 0 Å². The Balaban J connectivity index is 1.54. The van der Waals surface area contributed by atoms with Crippen LogP contribution < -0.4 is 4.31 Å². The van der Waals surface area contributed by atoms with Gasteiger partial charge in [-0.25, -0.2) is 13.2 Å². The van der Waals surface area contributed by atoms with Crippen LogP contribution in [-0.2, 0) is 26.1 Å². The highest BCUT2D eigenvalue weighted by molar-refractivity contribution is 7.92. The quantitative estimate of drug-likeness (QED) is 0.439. The molecule has 182 valence electrons. The molecule has 7 nitrogen and oxygen atoms in total. The molecule has 0 aliphatic carbocycles. The first-order valence-corrected chi connectivity index (χ1v) is 13.1. The zero-order valence-electron chi connectivity index (χ0n) is 19.4. The number of benzene rings is 3. The summed E-state index contributed by atoms with van der Waals surface area (Å²) in [4.78, 5) is 26.6. The minimum Gasteiger partial charge on any atom is -0.452 e. The van der Waals surface area contributed by atoms with Gasteiger partial charge in [0.1, 0.15) is 0 Å². The number of carbonyl (C=O) groups excluding carboxylic acids is 2. The molecule has 0 saturated carbocycles. The molecule has 0 atom stereocenters. The van der Waals surface area contributed by atoms with Gasteiger partial charge in [0, 0.05) is 13.1 Å². The summed E-state index contributed by atoms with van der Waals surface area (Å²) < 4.78 is 33.9. The molecule has 35 heavy (non-hydrogen) atoms. The minimum absolute atomic E-state index is 0.0332. The van der Waals surface area contributed by atoms with Gasteiger partial charge in [-0.2, -0.15) is 0 Å². The number of hydrogen-bond donors (Lipinski definition) is 0. The number of carbonyl (C=O) groups is 2. The van der Waals surface area contributed by atoms with E-state index in [1.165, 1.54) is 28.6 Å². The van der Waals surface area contributed by atoms with Crippen molar-refractivity contribution in [1.82, 2.24) is 4.90 Å². The van der Waals surface area contributed by atoms with Crippen molar-refractivity contribution in [3.8, 4) is 0 Å². The van der Waals surface area contributed by atoms with E-state index in [-0.39, 0.29) is 29.5 Å². The average Bonchev–Trinajstić information content (AvgIpc) is 2.91. The van der Waals surface area contributed by atoms with Gasteiger partial charge in [-0.1, -0.05) is 54.6 Å². The Labute approximate surface area is 206 Å². The van der Waals surface area contributed by atoms with E-state index in [2.05, 4.69) is 0 Å². The third-order valence-electron chi connectivity index (χ3n) is 5.91. The first-order chi connectivity index (χ1) is 16.9. The van der Waals surface area contributed by atoms with Crippen LogP contribution in [0.5, 0.6) is 0 Å². The summed E-state index contributed by atoms with van der Waals surface area (Å²) in [6, 6.07) is 23.8. The van der Waals surface area contributed by atoms with Gasteiger partial charge in [-0.3, -0.25) is 9.10 Å². The lowest BCUT2D eigenvalue weighted by molar-refractivity contribution is -0.135. The van der Waals surface area contributed by atoms with Crippen molar-refractivity contribution in [3.63, 3.8) is 0 Å². The number of amides is 1. The highest BCUT2D eigenvalue weighted by Crippen LogP contribution is 2.26. The van der Waals surface area contributed by atoms with Crippen LogP contribution in [0.1, 0.15) is 35.2 Å². The average molecular weight is 493 g/mol. The Morgan fingerprint density at radius 3 is 2.17 bits per heavy atom. The van der Waals surface area contributed by atoms with Gasteiger partial charge in [0.05, 0.1) is 22.7 Å². The topological polar surface area (TPSA) is 84.0 Å². The standard InChI is InChI=1S/C27H28N2O5S/c30-26(28-17-8-3-9-18-28)21-34-27(31)23-13-10-16-25(19-23)35(32,33)29(24-14-6-2-7-15-24)20-22-11-4-1-5-12-22/h1-2,4-7,10-16,19H,3,8-9,17-18,20-21H2. The lowest BCUT2D eigenvalue weighted by Gasteiger charge is -2.26. The van der Waals surface area contributed by atoms with Crippen LogP contribution in [0, 0.1) is 0 Å². The molecule has 1 fully saturated rings. The maximum Gasteiger partial charge on any atom is 0.338 e. The lowest BCUT2D eigenvalue weighted by atomic mass is 10.1. The molecule has 1 aliphatic heterocycles. The Hall–Kier alpha value is -3.65. The molecule has 0 aromatic heterocycles. The van der Waals surface area contributed by atoms with Crippen LogP contribution in [0.2, 0.25) is 0 Å². The van der Waals surface area contributed by atoms with E-state index in [0.717, 1.165) is 24.8 Å². The Bertz CT molecular complexity index is 1260. The van der Waals surface area contributed by atoms with E-state index in [4.69, 9.17) is 4.74 Å². The summed E-state index contributed by atoms with van der Waals surface area (Å²) in [5.74, 6) is -0.971. The summed E-state index contributed by atoms with van der Waals surface area (Å²) in [6.07, 6.45) is 2.98. The van der Waals surface area contributed by atoms with Gasteiger partial charge in [-0.15, -0.1) is 0 Å². The first kappa shape index (κ1) is 24.5. The van der Waals surface area contributed by atoms with Crippen LogP contribution in [-0.4, -0.2) is 44.9 Å². The van der Waals surface area contributed by atoms with Crippen LogP contribution in [0.15, 0.2) is 89.8 Å². The largest absolute Gasteiger partial charge is 0.452 e. The monoisotopic (exact) mass is 492 g/mol. The van der Waals surface area contributed by atoms with E-state index >= 15 is 0 Å². The van der Waals surface area contributed by atoms with Gasteiger partial charge in [0.15, 0.2) is 6.61 Å². The van der Waals surface area contributed by atoms with Crippen LogP contribution >= 0.6 is 0 Å². The Kier molecular flexibility index (Phi) is 7.82. The van der Waals surface area contributed by atoms with Crippen molar-refractivity contribution in [3.05, 3.63) is 96.1 Å².